The molecule has 3 fully saturated rings. The largest absolute Gasteiger partial charge is 0.370 e. The second kappa shape index (κ2) is 5.91. The van der Waals surface area contributed by atoms with E-state index in [1.807, 2.05) is 30.3 Å². The summed E-state index contributed by atoms with van der Waals surface area (Å²) in [7, 11) is 1.67. The Labute approximate surface area is 130 Å². The van der Waals surface area contributed by atoms with Gasteiger partial charge in [-0.2, -0.15) is 0 Å². The number of benzene rings is 1. The van der Waals surface area contributed by atoms with E-state index in [2.05, 4.69) is 0 Å². The lowest BCUT2D eigenvalue weighted by Crippen LogP contribution is -2.59. The average Bonchev–Trinajstić information content (AvgIpc) is 3.03. The zero-order valence-electron chi connectivity index (χ0n) is 12.8. The summed E-state index contributed by atoms with van der Waals surface area (Å²) in [5.74, 6) is 0. The summed E-state index contributed by atoms with van der Waals surface area (Å²) in [4.78, 5) is 0. The highest BCUT2D eigenvalue weighted by Gasteiger charge is 2.54. The third-order valence-electron chi connectivity index (χ3n) is 4.82. The Kier molecular flexibility index (Phi) is 3.92. The van der Waals surface area contributed by atoms with Crippen LogP contribution >= 0.6 is 0 Å². The summed E-state index contributed by atoms with van der Waals surface area (Å²) in [5, 5.41) is 0. The Morgan fingerprint density at radius 3 is 2.73 bits per heavy atom. The lowest BCUT2D eigenvalue weighted by molar-refractivity contribution is -0.355. The third kappa shape index (κ3) is 2.47. The molecule has 5 heteroatoms. The smallest absolute Gasteiger partial charge is 0.186 e. The van der Waals surface area contributed by atoms with Crippen LogP contribution in [0.1, 0.15) is 31.1 Å². The minimum Gasteiger partial charge on any atom is -0.370 e. The van der Waals surface area contributed by atoms with E-state index >= 15 is 0 Å². The second-order valence-electron chi connectivity index (χ2n) is 6.21. The molecular weight excluding hydrogens is 284 g/mol. The molecule has 1 aromatic rings. The van der Waals surface area contributed by atoms with Crippen LogP contribution in [0.4, 0.5) is 0 Å². The molecule has 22 heavy (non-hydrogen) atoms. The van der Waals surface area contributed by atoms with Crippen LogP contribution in [0.3, 0.4) is 0 Å². The Balaban J connectivity index is 1.52. The van der Waals surface area contributed by atoms with Gasteiger partial charge in [-0.1, -0.05) is 30.3 Å². The Morgan fingerprint density at radius 2 is 2.00 bits per heavy atom. The van der Waals surface area contributed by atoms with Crippen molar-refractivity contribution in [3.63, 3.8) is 0 Å². The monoisotopic (exact) mass is 306 g/mol. The summed E-state index contributed by atoms with van der Waals surface area (Å²) in [6, 6.07) is 10.0. The molecule has 0 N–H and O–H groups in total. The van der Waals surface area contributed by atoms with E-state index in [0.29, 0.717) is 6.61 Å². The van der Waals surface area contributed by atoms with Crippen molar-refractivity contribution in [2.24, 2.45) is 0 Å². The van der Waals surface area contributed by atoms with Gasteiger partial charge >= 0.3 is 0 Å². The van der Waals surface area contributed by atoms with Gasteiger partial charge in [0.1, 0.15) is 11.7 Å². The molecule has 0 saturated carbocycles. The maximum absolute atomic E-state index is 6.17. The van der Waals surface area contributed by atoms with Gasteiger partial charge in [0, 0.05) is 25.7 Å². The maximum Gasteiger partial charge on any atom is 0.186 e. The van der Waals surface area contributed by atoms with Gasteiger partial charge in [-0.25, -0.2) is 0 Å². The van der Waals surface area contributed by atoms with Crippen LogP contribution in [0.5, 0.6) is 0 Å². The lowest BCUT2D eigenvalue weighted by atomic mass is 9.87. The molecule has 0 aromatic heterocycles. The van der Waals surface area contributed by atoms with Crippen LogP contribution in [-0.2, 0) is 23.7 Å². The summed E-state index contributed by atoms with van der Waals surface area (Å²) >= 11 is 0. The third-order valence-corrected chi connectivity index (χ3v) is 4.82. The molecule has 5 atom stereocenters. The van der Waals surface area contributed by atoms with E-state index in [9.17, 15) is 0 Å². The molecule has 3 heterocycles. The number of ether oxygens (including phenoxy) is 5. The zero-order valence-corrected chi connectivity index (χ0v) is 12.8. The van der Waals surface area contributed by atoms with Crippen molar-refractivity contribution >= 4 is 0 Å². The Bertz CT molecular complexity index is 499. The summed E-state index contributed by atoms with van der Waals surface area (Å²) in [5.41, 5.74) is 0.672. The first-order valence-electron chi connectivity index (χ1n) is 7.95. The van der Waals surface area contributed by atoms with E-state index in [-0.39, 0.29) is 30.4 Å². The second-order valence-corrected chi connectivity index (χ2v) is 6.21. The number of methoxy groups -OCH3 is 1. The van der Waals surface area contributed by atoms with Gasteiger partial charge in [-0.3, -0.25) is 0 Å². The molecule has 0 unspecified atom stereocenters. The lowest BCUT2D eigenvalue weighted by Gasteiger charge is -2.49. The summed E-state index contributed by atoms with van der Waals surface area (Å²) in [6.45, 7) is 1.28. The van der Waals surface area contributed by atoms with Gasteiger partial charge in [0.25, 0.3) is 0 Å². The van der Waals surface area contributed by atoms with Crippen molar-refractivity contribution in [3.05, 3.63) is 35.9 Å². The van der Waals surface area contributed by atoms with E-state index in [0.717, 1.165) is 31.4 Å². The van der Waals surface area contributed by atoms with Gasteiger partial charge < -0.3 is 23.7 Å². The van der Waals surface area contributed by atoms with Crippen molar-refractivity contribution in [3.8, 4) is 0 Å². The van der Waals surface area contributed by atoms with E-state index < -0.39 is 0 Å². The van der Waals surface area contributed by atoms with Crippen molar-refractivity contribution in [2.75, 3.05) is 20.3 Å². The van der Waals surface area contributed by atoms with Gasteiger partial charge in [0.05, 0.1) is 12.7 Å². The maximum atomic E-state index is 6.17. The number of fused-ring (bicyclic) bond motifs is 1. The van der Waals surface area contributed by atoms with Crippen LogP contribution in [0, 0.1) is 0 Å². The van der Waals surface area contributed by atoms with Gasteiger partial charge in [-0.05, 0) is 12.8 Å². The van der Waals surface area contributed by atoms with Crippen molar-refractivity contribution in [1.29, 1.82) is 0 Å². The number of hydrogen-bond acceptors (Lipinski definition) is 5. The van der Waals surface area contributed by atoms with Crippen molar-refractivity contribution < 1.29 is 23.7 Å². The zero-order chi connectivity index (χ0) is 15.0. The van der Waals surface area contributed by atoms with Crippen LogP contribution in [-0.4, -0.2) is 44.4 Å². The highest BCUT2D eigenvalue weighted by Crippen LogP contribution is 2.44. The standard InChI is InChI=1S/C17H22O5/c1-18-16-17(8-5-9-20-17)10-13-14(22-16)11-19-15(21-13)12-6-3-2-4-7-12/h2-4,6-7,13-16H,5,8-11H2,1H3/t13-,14+,15+,16-,17+/m0/s1. The van der Waals surface area contributed by atoms with Gasteiger partial charge in [0.15, 0.2) is 12.6 Å². The quantitative estimate of drug-likeness (QED) is 0.839. The van der Waals surface area contributed by atoms with E-state index in [1.165, 1.54) is 0 Å². The number of rotatable bonds is 2. The fraction of sp³-hybridized carbons (Fsp3) is 0.647. The molecule has 3 aliphatic heterocycles. The molecule has 3 saturated heterocycles. The fourth-order valence-corrected chi connectivity index (χ4v) is 3.72. The molecule has 1 spiro atoms. The topological polar surface area (TPSA) is 46.2 Å². The van der Waals surface area contributed by atoms with E-state index in [4.69, 9.17) is 23.7 Å². The Morgan fingerprint density at radius 1 is 1.14 bits per heavy atom. The summed E-state index contributed by atoms with van der Waals surface area (Å²) in [6.07, 6.45) is 2.00. The van der Waals surface area contributed by atoms with Crippen LogP contribution in [0.25, 0.3) is 0 Å². The van der Waals surface area contributed by atoms with Crippen molar-refractivity contribution in [1.82, 2.24) is 0 Å². The summed E-state index contributed by atoms with van der Waals surface area (Å²) < 4.78 is 29.6. The Hall–Kier alpha value is -0.980. The molecule has 5 nitrogen and oxygen atoms in total. The molecule has 1 aromatic carbocycles. The minimum atomic E-state index is -0.367. The van der Waals surface area contributed by atoms with Crippen LogP contribution in [0.15, 0.2) is 30.3 Å². The molecule has 0 aliphatic carbocycles. The predicted molar refractivity (Wildman–Crippen MR) is 78.2 cm³/mol. The number of hydrogen-bond donors (Lipinski definition) is 0. The predicted octanol–water partition coefficient (Wildman–Crippen LogP) is 2.41. The SMILES string of the molecule is CO[C@H]1O[C@@H]2CO[C@@H](c3ccccc3)O[C@H]2C[C@]12CCCO2. The molecule has 0 radical (unpaired) electrons. The first-order valence-corrected chi connectivity index (χ1v) is 7.95. The molecular formula is C17H22O5. The minimum absolute atomic E-state index is 0.0246. The highest BCUT2D eigenvalue weighted by atomic mass is 16.8. The van der Waals surface area contributed by atoms with Crippen LogP contribution in [0.2, 0.25) is 0 Å². The highest BCUT2D eigenvalue weighted by molar-refractivity contribution is 5.16. The van der Waals surface area contributed by atoms with Gasteiger partial charge in [0.2, 0.25) is 0 Å². The van der Waals surface area contributed by atoms with Crippen LogP contribution < -0.4 is 0 Å². The molecule has 0 bridgehead atoms. The normalized spacial score (nSPS) is 41.5. The fourth-order valence-electron chi connectivity index (χ4n) is 3.72. The van der Waals surface area contributed by atoms with E-state index in [1.54, 1.807) is 7.11 Å². The van der Waals surface area contributed by atoms with Crippen molar-refractivity contribution in [2.45, 2.75) is 49.7 Å². The first-order chi connectivity index (χ1) is 10.8. The average molecular weight is 306 g/mol. The van der Waals surface area contributed by atoms with Gasteiger partial charge in [-0.15, -0.1) is 0 Å². The molecule has 0 amide bonds. The molecule has 3 aliphatic rings. The molecule has 120 valence electrons. The molecule has 4 rings (SSSR count). The first kappa shape index (κ1) is 14.6.